The maximum Gasteiger partial charge on any atom is 0.247 e. The Morgan fingerprint density at radius 3 is 2.71 bits per heavy atom. The number of sulfonamides is 1. The zero-order valence-electron chi connectivity index (χ0n) is 17.4. The molecule has 5 nitrogen and oxygen atoms in total. The highest BCUT2D eigenvalue weighted by Crippen LogP contribution is 2.33. The Bertz CT molecular complexity index is 1100. The molecule has 1 heterocycles. The van der Waals surface area contributed by atoms with E-state index < -0.39 is 21.9 Å². The first-order valence-electron chi connectivity index (χ1n) is 10.3. The number of halogens is 1. The molecule has 2 unspecified atom stereocenters. The molecular formula is C24H26FNO4S. The molecule has 164 valence electrons. The van der Waals surface area contributed by atoms with Gasteiger partial charge in [0, 0.05) is 12.6 Å². The Hall–Kier alpha value is -2.48. The van der Waals surface area contributed by atoms with Crippen LogP contribution in [0.4, 0.5) is 4.39 Å². The van der Waals surface area contributed by atoms with Gasteiger partial charge >= 0.3 is 0 Å². The monoisotopic (exact) mass is 443 g/mol. The quantitative estimate of drug-likeness (QED) is 0.685. The molecule has 2 aromatic rings. The standard InChI is InChI=1S/C24H26FNO4S/c1-29-23-12-11-21(25)14-24(23)31(27,28)26-15-19-9-5-6-10-20(19)16-30-17-22(26)13-18-7-3-2-4-8-18/h2-7,9-12,14,18,22H,8,13,15-17H2,1H3. The molecule has 0 saturated carbocycles. The summed E-state index contributed by atoms with van der Waals surface area (Å²) < 4.78 is 54.4. The second-order valence-corrected chi connectivity index (χ2v) is 9.69. The minimum absolute atomic E-state index is 0.122. The smallest absolute Gasteiger partial charge is 0.247 e. The van der Waals surface area contributed by atoms with Gasteiger partial charge in [-0.05, 0) is 48.1 Å². The molecule has 4 rings (SSSR count). The highest BCUT2D eigenvalue weighted by molar-refractivity contribution is 7.89. The lowest BCUT2D eigenvalue weighted by molar-refractivity contribution is 0.0604. The molecule has 0 N–H and O–H groups in total. The van der Waals surface area contributed by atoms with Gasteiger partial charge in [-0.3, -0.25) is 0 Å². The number of ether oxygens (including phenoxy) is 2. The summed E-state index contributed by atoms with van der Waals surface area (Å²) >= 11 is 0. The predicted octanol–water partition coefficient (Wildman–Crippen LogP) is 4.45. The van der Waals surface area contributed by atoms with Crippen molar-refractivity contribution in [2.75, 3.05) is 13.7 Å². The molecule has 0 aromatic heterocycles. The van der Waals surface area contributed by atoms with E-state index in [0.717, 1.165) is 23.6 Å². The van der Waals surface area contributed by atoms with E-state index in [1.54, 1.807) is 0 Å². The van der Waals surface area contributed by atoms with Gasteiger partial charge in [-0.25, -0.2) is 12.8 Å². The molecule has 0 amide bonds. The third-order valence-corrected chi connectivity index (χ3v) is 7.70. The Morgan fingerprint density at radius 1 is 1.16 bits per heavy atom. The summed E-state index contributed by atoms with van der Waals surface area (Å²) in [6, 6.07) is 10.8. The minimum atomic E-state index is -4.06. The van der Waals surface area contributed by atoms with Gasteiger partial charge in [0.1, 0.15) is 16.5 Å². The van der Waals surface area contributed by atoms with E-state index in [1.807, 2.05) is 36.4 Å². The molecule has 0 saturated heterocycles. The number of benzene rings is 2. The van der Waals surface area contributed by atoms with Crippen molar-refractivity contribution in [3.05, 3.63) is 83.7 Å². The maximum atomic E-state index is 14.1. The van der Waals surface area contributed by atoms with Crippen LogP contribution in [0.2, 0.25) is 0 Å². The van der Waals surface area contributed by atoms with Gasteiger partial charge in [0.05, 0.1) is 20.3 Å². The second kappa shape index (κ2) is 9.34. The first-order valence-corrected chi connectivity index (χ1v) is 11.8. The number of hydrogen-bond acceptors (Lipinski definition) is 4. The summed E-state index contributed by atoms with van der Waals surface area (Å²) in [5.41, 5.74) is 1.83. The summed E-state index contributed by atoms with van der Waals surface area (Å²) in [5.74, 6) is -0.294. The van der Waals surface area contributed by atoms with Crippen molar-refractivity contribution in [1.82, 2.24) is 4.31 Å². The van der Waals surface area contributed by atoms with Crippen LogP contribution >= 0.6 is 0 Å². The van der Waals surface area contributed by atoms with Crippen molar-refractivity contribution in [2.45, 2.75) is 36.9 Å². The molecule has 1 aliphatic carbocycles. The Morgan fingerprint density at radius 2 is 1.97 bits per heavy atom. The van der Waals surface area contributed by atoms with E-state index >= 15 is 0 Å². The fourth-order valence-electron chi connectivity index (χ4n) is 4.14. The topological polar surface area (TPSA) is 55.8 Å². The van der Waals surface area contributed by atoms with Gasteiger partial charge in [-0.1, -0.05) is 48.6 Å². The molecule has 31 heavy (non-hydrogen) atoms. The number of hydrogen-bond donors (Lipinski definition) is 0. The number of fused-ring (bicyclic) bond motifs is 1. The van der Waals surface area contributed by atoms with Gasteiger partial charge in [-0.15, -0.1) is 0 Å². The average Bonchev–Trinajstić information content (AvgIpc) is 2.76. The Kier molecular flexibility index (Phi) is 6.55. The van der Waals surface area contributed by atoms with E-state index in [4.69, 9.17) is 9.47 Å². The van der Waals surface area contributed by atoms with Crippen LogP contribution in [0.25, 0.3) is 0 Å². The van der Waals surface area contributed by atoms with Crippen molar-refractivity contribution in [3.8, 4) is 5.75 Å². The normalized spacial score (nSPS) is 21.9. The molecule has 0 bridgehead atoms. The zero-order chi connectivity index (χ0) is 21.8. The first kappa shape index (κ1) is 21.7. The maximum absolute atomic E-state index is 14.1. The van der Waals surface area contributed by atoms with E-state index in [9.17, 15) is 12.8 Å². The molecule has 2 aliphatic rings. The van der Waals surface area contributed by atoms with Gasteiger partial charge in [-0.2, -0.15) is 4.31 Å². The van der Waals surface area contributed by atoms with Crippen LogP contribution in [0.5, 0.6) is 5.75 Å². The van der Waals surface area contributed by atoms with Crippen molar-refractivity contribution in [2.24, 2.45) is 5.92 Å². The lowest BCUT2D eigenvalue weighted by Gasteiger charge is -2.35. The molecule has 0 fully saturated rings. The second-order valence-electron chi connectivity index (χ2n) is 7.83. The zero-order valence-corrected chi connectivity index (χ0v) is 18.2. The minimum Gasteiger partial charge on any atom is -0.495 e. The Balaban J connectivity index is 1.77. The SMILES string of the molecule is COc1ccc(F)cc1S(=O)(=O)N1Cc2ccccc2COCC1CC1C=CC=CC1. The van der Waals surface area contributed by atoms with Crippen LogP contribution in [0.15, 0.2) is 71.7 Å². The van der Waals surface area contributed by atoms with Crippen molar-refractivity contribution in [1.29, 1.82) is 0 Å². The fourth-order valence-corrected chi connectivity index (χ4v) is 5.91. The van der Waals surface area contributed by atoms with Gasteiger partial charge < -0.3 is 9.47 Å². The largest absolute Gasteiger partial charge is 0.495 e. The van der Waals surface area contributed by atoms with Gasteiger partial charge in [0.25, 0.3) is 0 Å². The molecule has 7 heteroatoms. The predicted molar refractivity (Wildman–Crippen MR) is 117 cm³/mol. The van der Waals surface area contributed by atoms with E-state index in [2.05, 4.69) is 12.2 Å². The summed E-state index contributed by atoms with van der Waals surface area (Å²) in [6.07, 6.45) is 9.62. The van der Waals surface area contributed by atoms with Crippen LogP contribution in [-0.2, 0) is 27.9 Å². The fraction of sp³-hybridized carbons (Fsp3) is 0.333. The molecule has 2 atom stereocenters. The van der Waals surface area contributed by atoms with Crippen LogP contribution in [0.3, 0.4) is 0 Å². The molecule has 1 aliphatic heterocycles. The van der Waals surface area contributed by atoms with Crippen LogP contribution < -0.4 is 4.74 Å². The number of methoxy groups -OCH3 is 1. The molecule has 2 aromatic carbocycles. The lowest BCUT2D eigenvalue weighted by atomic mass is 9.93. The Labute approximate surface area is 182 Å². The first-order chi connectivity index (χ1) is 15.0. The van der Waals surface area contributed by atoms with Crippen molar-refractivity contribution >= 4 is 10.0 Å². The van der Waals surface area contributed by atoms with Gasteiger partial charge in [0.15, 0.2) is 0 Å². The van der Waals surface area contributed by atoms with Crippen LogP contribution in [0, 0.1) is 11.7 Å². The van der Waals surface area contributed by atoms with E-state index in [0.29, 0.717) is 13.0 Å². The molecule has 0 spiro atoms. The number of allylic oxidation sites excluding steroid dienone is 4. The third kappa shape index (κ3) is 4.74. The lowest BCUT2D eigenvalue weighted by Crippen LogP contribution is -2.44. The van der Waals surface area contributed by atoms with Crippen LogP contribution in [0.1, 0.15) is 24.0 Å². The number of rotatable bonds is 5. The average molecular weight is 444 g/mol. The summed E-state index contributed by atoms with van der Waals surface area (Å²) in [7, 11) is -2.68. The highest BCUT2D eigenvalue weighted by Gasteiger charge is 2.36. The van der Waals surface area contributed by atoms with Crippen LogP contribution in [-0.4, -0.2) is 32.5 Å². The molecule has 0 radical (unpaired) electrons. The highest BCUT2D eigenvalue weighted by atomic mass is 32.2. The summed E-state index contributed by atoms with van der Waals surface area (Å²) in [6.45, 7) is 0.891. The van der Waals surface area contributed by atoms with E-state index in [1.165, 1.54) is 23.5 Å². The summed E-state index contributed by atoms with van der Waals surface area (Å²) in [5, 5.41) is 0. The van der Waals surface area contributed by atoms with E-state index in [-0.39, 0.29) is 29.7 Å². The molecular weight excluding hydrogens is 417 g/mol. The number of nitrogens with zero attached hydrogens (tertiary/aromatic N) is 1. The van der Waals surface area contributed by atoms with Crippen molar-refractivity contribution < 1.29 is 22.3 Å². The summed E-state index contributed by atoms with van der Waals surface area (Å²) in [4.78, 5) is -0.169. The van der Waals surface area contributed by atoms with Gasteiger partial charge in [0.2, 0.25) is 10.0 Å². The third-order valence-electron chi connectivity index (χ3n) is 5.78. The van der Waals surface area contributed by atoms with Crippen molar-refractivity contribution in [3.63, 3.8) is 0 Å².